The summed E-state index contributed by atoms with van der Waals surface area (Å²) in [5, 5.41) is 0.232. The molecule has 0 aliphatic carbocycles. The van der Waals surface area contributed by atoms with E-state index in [4.69, 9.17) is 21.1 Å². The summed E-state index contributed by atoms with van der Waals surface area (Å²) in [7, 11) is 2.73. The number of amides is 2. The van der Waals surface area contributed by atoms with Crippen LogP contribution in [0.2, 0.25) is 5.02 Å². The SMILES string of the molecule is COC(=O)C1=CN2C(=O)N(Cc3ccc(OC)cc3)c3ccc(Cl)cc3[C@]2(C(F)F)[C@@H]1c1ccccc1. The number of nitrogens with zero attached hydrogens (tertiary/aromatic N) is 2. The zero-order valence-corrected chi connectivity index (χ0v) is 20.8. The molecule has 0 fully saturated rings. The predicted molar refractivity (Wildman–Crippen MR) is 135 cm³/mol. The van der Waals surface area contributed by atoms with Gasteiger partial charge in [0.1, 0.15) is 11.3 Å². The number of anilines is 1. The second kappa shape index (κ2) is 9.52. The number of carbonyl (C=O) groups is 2. The lowest BCUT2D eigenvalue weighted by Crippen LogP contribution is -2.60. The highest BCUT2D eigenvalue weighted by atomic mass is 35.5. The molecule has 3 aromatic rings. The highest BCUT2D eigenvalue weighted by Crippen LogP contribution is 2.59. The van der Waals surface area contributed by atoms with Gasteiger partial charge in [0.05, 0.1) is 37.9 Å². The van der Waals surface area contributed by atoms with Crippen LogP contribution in [0.15, 0.2) is 84.6 Å². The van der Waals surface area contributed by atoms with Crippen LogP contribution in [0.25, 0.3) is 0 Å². The predicted octanol–water partition coefficient (Wildman–Crippen LogP) is 6.11. The first kappa shape index (κ1) is 24.8. The van der Waals surface area contributed by atoms with Crippen LogP contribution in [-0.2, 0) is 21.6 Å². The van der Waals surface area contributed by atoms with E-state index in [1.54, 1.807) is 73.8 Å². The van der Waals surface area contributed by atoms with Crippen LogP contribution in [0.1, 0.15) is 22.6 Å². The molecule has 5 rings (SSSR count). The van der Waals surface area contributed by atoms with E-state index in [1.807, 2.05) is 0 Å². The van der Waals surface area contributed by atoms with Crippen LogP contribution < -0.4 is 9.64 Å². The number of rotatable bonds is 6. The number of urea groups is 1. The number of hydrogen-bond donors (Lipinski definition) is 0. The summed E-state index contributed by atoms with van der Waals surface area (Å²) in [4.78, 5) is 29.3. The van der Waals surface area contributed by atoms with Crippen molar-refractivity contribution in [1.82, 2.24) is 4.90 Å². The van der Waals surface area contributed by atoms with Gasteiger partial charge in [-0.1, -0.05) is 54.1 Å². The third-order valence-corrected chi connectivity index (χ3v) is 7.16. The van der Waals surface area contributed by atoms with Gasteiger partial charge in [0.15, 0.2) is 0 Å². The summed E-state index contributed by atoms with van der Waals surface area (Å²) < 4.78 is 41.2. The van der Waals surface area contributed by atoms with Crippen LogP contribution in [0.3, 0.4) is 0 Å². The summed E-state index contributed by atoms with van der Waals surface area (Å²) in [6.45, 7) is 0.102. The number of halogens is 3. The first-order valence-electron chi connectivity index (χ1n) is 11.5. The smallest absolute Gasteiger partial charge is 0.335 e. The van der Waals surface area contributed by atoms with E-state index in [0.29, 0.717) is 17.0 Å². The fraction of sp³-hybridized carbons (Fsp3) is 0.214. The van der Waals surface area contributed by atoms with E-state index < -0.39 is 29.9 Å². The Hall–Kier alpha value is -3.91. The van der Waals surface area contributed by atoms with Gasteiger partial charge in [0.2, 0.25) is 0 Å². The fourth-order valence-corrected chi connectivity index (χ4v) is 5.45. The van der Waals surface area contributed by atoms with E-state index in [-0.39, 0.29) is 22.7 Å². The van der Waals surface area contributed by atoms with E-state index >= 15 is 8.78 Å². The van der Waals surface area contributed by atoms with Crippen molar-refractivity contribution in [3.8, 4) is 5.75 Å². The largest absolute Gasteiger partial charge is 0.497 e. The van der Waals surface area contributed by atoms with Gasteiger partial charge in [-0.15, -0.1) is 0 Å². The van der Waals surface area contributed by atoms with E-state index in [1.165, 1.54) is 24.3 Å². The molecule has 3 aromatic carbocycles. The average molecular weight is 525 g/mol. The van der Waals surface area contributed by atoms with Crippen molar-refractivity contribution in [2.45, 2.75) is 24.4 Å². The Bertz CT molecular complexity index is 1380. The Labute approximate surface area is 217 Å². The van der Waals surface area contributed by atoms with Crippen LogP contribution >= 0.6 is 11.6 Å². The molecule has 0 bridgehead atoms. The average Bonchev–Trinajstić information content (AvgIpc) is 3.29. The van der Waals surface area contributed by atoms with Crippen LogP contribution in [-0.4, -0.2) is 37.5 Å². The van der Waals surface area contributed by atoms with Crippen molar-refractivity contribution < 1.29 is 27.8 Å². The molecule has 37 heavy (non-hydrogen) atoms. The maximum absolute atomic E-state index is 15.5. The number of hydrogen-bond acceptors (Lipinski definition) is 4. The minimum Gasteiger partial charge on any atom is -0.497 e. The van der Waals surface area contributed by atoms with Gasteiger partial charge in [0, 0.05) is 16.8 Å². The molecule has 0 radical (unpaired) electrons. The van der Waals surface area contributed by atoms with Crippen LogP contribution in [0, 0.1) is 0 Å². The molecule has 0 unspecified atom stereocenters. The minimum absolute atomic E-state index is 0.0421. The van der Waals surface area contributed by atoms with Crippen molar-refractivity contribution >= 4 is 29.3 Å². The number of ether oxygens (including phenoxy) is 2. The second-order valence-electron chi connectivity index (χ2n) is 8.79. The van der Waals surface area contributed by atoms with Gasteiger partial charge in [-0.25, -0.2) is 18.4 Å². The van der Waals surface area contributed by atoms with Crippen molar-refractivity contribution in [2.75, 3.05) is 19.1 Å². The fourth-order valence-electron chi connectivity index (χ4n) is 5.28. The molecular formula is C28H23ClF2N2O4. The monoisotopic (exact) mass is 524 g/mol. The Kier molecular flexibility index (Phi) is 6.37. The zero-order chi connectivity index (χ0) is 26.3. The third-order valence-electron chi connectivity index (χ3n) is 6.92. The number of esters is 1. The second-order valence-corrected chi connectivity index (χ2v) is 9.23. The molecule has 2 aliphatic heterocycles. The van der Waals surface area contributed by atoms with Crippen molar-refractivity contribution in [2.24, 2.45) is 0 Å². The number of methoxy groups -OCH3 is 2. The molecule has 6 nitrogen and oxygen atoms in total. The number of fused-ring (bicyclic) bond motifs is 3. The Balaban J connectivity index is 1.74. The summed E-state index contributed by atoms with van der Waals surface area (Å²) >= 11 is 6.34. The highest BCUT2D eigenvalue weighted by Gasteiger charge is 2.64. The van der Waals surface area contributed by atoms with Gasteiger partial charge in [-0.3, -0.25) is 9.80 Å². The molecule has 0 saturated heterocycles. The van der Waals surface area contributed by atoms with Crippen molar-refractivity contribution in [1.29, 1.82) is 0 Å². The molecule has 0 N–H and O–H groups in total. The minimum atomic E-state index is -3.07. The Morgan fingerprint density at radius 1 is 1.05 bits per heavy atom. The van der Waals surface area contributed by atoms with E-state index in [0.717, 1.165) is 10.5 Å². The maximum Gasteiger partial charge on any atom is 0.335 e. The molecule has 2 heterocycles. The van der Waals surface area contributed by atoms with Gasteiger partial charge in [-0.2, -0.15) is 0 Å². The molecule has 0 saturated carbocycles. The first-order valence-corrected chi connectivity index (χ1v) is 11.9. The molecule has 2 amide bonds. The van der Waals surface area contributed by atoms with E-state index in [9.17, 15) is 9.59 Å². The summed E-state index contributed by atoms with van der Waals surface area (Å²) in [5.41, 5.74) is -0.604. The first-order chi connectivity index (χ1) is 17.8. The Morgan fingerprint density at radius 3 is 2.38 bits per heavy atom. The van der Waals surface area contributed by atoms with Crippen LogP contribution in [0.5, 0.6) is 5.75 Å². The standard InChI is InChI=1S/C28H23ClF2N2O4/c1-36-20-11-8-17(9-12-20)15-32-23-13-10-19(29)14-22(23)28(26(30)31)24(18-6-4-3-5-7-18)21(25(34)37-2)16-33(28)27(32)35/h3-14,16,24,26H,15H2,1-2H3/t24-,28-/m1/s1. The Morgan fingerprint density at radius 2 is 1.76 bits per heavy atom. The number of carbonyl (C=O) groups excluding carboxylic acids is 2. The maximum atomic E-state index is 15.5. The van der Waals surface area contributed by atoms with Crippen molar-refractivity contribution in [3.63, 3.8) is 0 Å². The molecule has 2 atom stereocenters. The zero-order valence-electron chi connectivity index (χ0n) is 20.0. The molecular weight excluding hydrogens is 502 g/mol. The van der Waals surface area contributed by atoms with Gasteiger partial charge < -0.3 is 9.47 Å². The lowest BCUT2D eigenvalue weighted by atomic mass is 9.71. The summed E-state index contributed by atoms with van der Waals surface area (Å²) in [6, 6.07) is 19.5. The third kappa shape index (κ3) is 3.83. The lowest BCUT2D eigenvalue weighted by molar-refractivity contribution is -0.136. The quantitative estimate of drug-likeness (QED) is 0.365. The van der Waals surface area contributed by atoms with E-state index in [2.05, 4.69) is 0 Å². The highest BCUT2D eigenvalue weighted by molar-refractivity contribution is 6.30. The number of alkyl halides is 2. The topological polar surface area (TPSA) is 59.1 Å². The molecule has 2 aliphatic rings. The molecule has 9 heteroatoms. The van der Waals surface area contributed by atoms with Crippen molar-refractivity contribution in [3.05, 3.63) is 106 Å². The lowest BCUT2D eigenvalue weighted by Gasteiger charge is -2.49. The summed E-state index contributed by atoms with van der Waals surface area (Å²) in [5.74, 6) is -1.33. The van der Waals surface area contributed by atoms with Gasteiger partial charge >= 0.3 is 12.0 Å². The number of benzene rings is 3. The summed E-state index contributed by atoms with van der Waals surface area (Å²) in [6.07, 6.45) is -1.87. The molecule has 190 valence electrons. The van der Waals surface area contributed by atoms with Gasteiger partial charge in [0.25, 0.3) is 6.43 Å². The molecule has 0 spiro atoms. The van der Waals surface area contributed by atoms with Crippen LogP contribution in [0.4, 0.5) is 19.3 Å². The molecule has 0 aromatic heterocycles. The van der Waals surface area contributed by atoms with Gasteiger partial charge in [-0.05, 0) is 41.5 Å². The normalized spacial score (nSPS) is 20.4.